The van der Waals surface area contributed by atoms with Gasteiger partial charge in [-0.05, 0) is 37.5 Å². The molecule has 0 bridgehead atoms. The van der Waals surface area contributed by atoms with Crippen molar-refractivity contribution in [3.05, 3.63) is 76.7 Å². The van der Waals surface area contributed by atoms with Crippen LogP contribution in [0, 0.1) is 0 Å². The fourth-order valence-electron chi connectivity index (χ4n) is 2.87. The molecule has 0 unspecified atom stereocenters. The first kappa shape index (κ1) is 19.4. The number of hydrogen-bond donors (Lipinski definition) is 1. The molecule has 0 aliphatic rings. The maximum absolute atomic E-state index is 12.2. The van der Waals surface area contributed by atoms with E-state index in [9.17, 15) is 4.79 Å². The average Bonchev–Trinajstić information content (AvgIpc) is 3.15. The largest absolute Gasteiger partial charge is 0.441 e. The van der Waals surface area contributed by atoms with Gasteiger partial charge in [0.25, 0.3) is 0 Å². The summed E-state index contributed by atoms with van der Waals surface area (Å²) < 4.78 is 6.76. The predicted octanol–water partition coefficient (Wildman–Crippen LogP) is 5.17. The van der Waals surface area contributed by atoms with E-state index in [0.29, 0.717) is 24.5 Å². The van der Waals surface area contributed by atoms with Gasteiger partial charge in [0, 0.05) is 28.9 Å². The molecule has 1 atom stereocenters. The van der Waals surface area contributed by atoms with Gasteiger partial charge < -0.3 is 9.73 Å². The summed E-state index contributed by atoms with van der Waals surface area (Å²) >= 11 is 3.45. The quantitative estimate of drug-likeness (QED) is 0.540. The number of aromatic nitrogens is 1. The predicted molar refractivity (Wildman–Crippen MR) is 110 cm³/mol. The Bertz CT molecular complexity index is 877. The lowest BCUT2D eigenvalue weighted by Gasteiger charge is -2.13. The van der Waals surface area contributed by atoms with Crippen molar-refractivity contribution in [3.8, 4) is 11.3 Å². The Labute approximate surface area is 168 Å². The van der Waals surface area contributed by atoms with Crippen LogP contribution in [0.25, 0.3) is 11.3 Å². The number of carbonyl (C=O) groups excluding carboxylic acids is 1. The van der Waals surface area contributed by atoms with Crippen LogP contribution in [0.4, 0.5) is 0 Å². The fraction of sp³-hybridized carbons (Fsp3) is 0.273. The molecule has 3 aromatic rings. The van der Waals surface area contributed by atoms with Gasteiger partial charge in [0.05, 0.1) is 6.20 Å². The highest BCUT2D eigenvalue weighted by Crippen LogP contribution is 2.24. The molecule has 27 heavy (non-hydrogen) atoms. The first-order valence-corrected chi connectivity index (χ1v) is 9.93. The zero-order valence-corrected chi connectivity index (χ0v) is 16.9. The van der Waals surface area contributed by atoms with Crippen LogP contribution in [0.3, 0.4) is 0 Å². The van der Waals surface area contributed by atoms with Gasteiger partial charge >= 0.3 is 0 Å². The zero-order valence-electron chi connectivity index (χ0n) is 15.3. The SMILES string of the molecule is C[C@@H](CCc1ccccc1)NC(=O)CCc1ncc(-c2cccc(Br)c2)o1. The van der Waals surface area contributed by atoms with Gasteiger partial charge in [-0.3, -0.25) is 4.79 Å². The van der Waals surface area contributed by atoms with Gasteiger partial charge in [0.1, 0.15) is 0 Å². The number of oxazole rings is 1. The number of benzene rings is 2. The molecule has 5 heteroatoms. The van der Waals surface area contributed by atoms with E-state index in [1.165, 1.54) is 5.56 Å². The molecule has 0 radical (unpaired) electrons. The molecule has 1 aromatic heterocycles. The van der Waals surface area contributed by atoms with E-state index < -0.39 is 0 Å². The summed E-state index contributed by atoms with van der Waals surface area (Å²) in [5.74, 6) is 1.32. The Kier molecular flexibility index (Phi) is 6.82. The Morgan fingerprint density at radius 3 is 2.74 bits per heavy atom. The summed E-state index contributed by atoms with van der Waals surface area (Å²) in [5, 5.41) is 3.05. The van der Waals surface area contributed by atoms with Crippen LogP contribution in [0.2, 0.25) is 0 Å². The summed E-state index contributed by atoms with van der Waals surface area (Å²) in [4.78, 5) is 16.5. The third-order valence-corrected chi connectivity index (χ3v) is 4.84. The van der Waals surface area contributed by atoms with Gasteiger partial charge in [0.2, 0.25) is 5.91 Å². The second-order valence-corrected chi connectivity index (χ2v) is 7.54. The minimum atomic E-state index is 0.0257. The van der Waals surface area contributed by atoms with E-state index in [-0.39, 0.29) is 11.9 Å². The van der Waals surface area contributed by atoms with E-state index in [0.717, 1.165) is 22.9 Å². The highest BCUT2D eigenvalue weighted by Gasteiger charge is 2.11. The van der Waals surface area contributed by atoms with Gasteiger partial charge in [-0.15, -0.1) is 0 Å². The number of hydrogen-bond acceptors (Lipinski definition) is 3. The normalized spacial score (nSPS) is 11.9. The Balaban J connectivity index is 1.44. The highest BCUT2D eigenvalue weighted by molar-refractivity contribution is 9.10. The van der Waals surface area contributed by atoms with E-state index in [2.05, 4.69) is 38.4 Å². The van der Waals surface area contributed by atoms with E-state index in [4.69, 9.17) is 4.42 Å². The molecule has 1 amide bonds. The van der Waals surface area contributed by atoms with Crippen LogP contribution in [0.15, 0.2) is 69.7 Å². The Morgan fingerprint density at radius 2 is 1.96 bits per heavy atom. The summed E-state index contributed by atoms with van der Waals surface area (Å²) in [6.45, 7) is 2.04. The minimum absolute atomic E-state index is 0.0257. The van der Waals surface area contributed by atoms with Crippen molar-refractivity contribution in [2.45, 2.75) is 38.6 Å². The van der Waals surface area contributed by atoms with E-state index in [1.54, 1.807) is 6.20 Å². The van der Waals surface area contributed by atoms with Crippen molar-refractivity contribution in [1.29, 1.82) is 0 Å². The number of aryl methyl sites for hydroxylation is 2. The van der Waals surface area contributed by atoms with Crippen LogP contribution in [0.5, 0.6) is 0 Å². The first-order valence-electron chi connectivity index (χ1n) is 9.14. The molecule has 0 aliphatic carbocycles. The third-order valence-electron chi connectivity index (χ3n) is 4.34. The molecule has 1 heterocycles. The number of nitrogens with one attached hydrogen (secondary N) is 1. The van der Waals surface area contributed by atoms with Crippen LogP contribution in [0.1, 0.15) is 31.2 Å². The summed E-state index contributed by atoms with van der Waals surface area (Å²) in [6.07, 6.45) is 4.44. The molecule has 1 N–H and O–H groups in total. The van der Waals surface area contributed by atoms with Crippen molar-refractivity contribution >= 4 is 21.8 Å². The lowest BCUT2D eigenvalue weighted by Crippen LogP contribution is -2.33. The van der Waals surface area contributed by atoms with E-state index in [1.807, 2.05) is 49.4 Å². The van der Waals surface area contributed by atoms with Crippen LogP contribution in [-0.2, 0) is 17.6 Å². The van der Waals surface area contributed by atoms with Gasteiger partial charge in [-0.2, -0.15) is 0 Å². The second-order valence-electron chi connectivity index (χ2n) is 6.62. The molecule has 4 nitrogen and oxygen atoms in total. The lowest BCUT2D eigenvalue weighted by atomic mass is 10.1. The topological polar surface area (TPSA) is 55.1 Å². The van der Waals surface area contributed by atoms with Crippen LogP contribution in [-0.4, -0.2) is 16.9 Å². The summed E-state index contributed by atoms with van der Waals surface area (Å²) in [7, 11) is 0. The number of carbonyl (C=O) groups is 1. The van der Waals surface area contributed by atoms with E-state index >= 15 is 0 Å². The fourth-order valence-corrected chi connectivity index (χ4v) is 3.27. The van der Waals surface area contributed by atoms with Gasteiger partial charge in [-0.25, -0.2) is 4.98 Å². The molecule has 0 spiro atoms. The number of halogens is 1. The third kappa shape index (κ3) is 6.07. The van der Waals surface area contributed by atoms with Crippen molar-refractivity contribution in [1.82, 2.24) is 10.3 Å². The molecule has 3 rings (SSSR count). The van der Waals surface area contributed by atoms with Crippen molar-refractivity contribution in [2.24, 2.45) is 0 Å². The monoisotopic (exact) mass is 426 g/mol. The molecule has 0 saturated carbocycles. The standard InChI is InChI=1S/C22H23BrN2O2/c1-16(10-11-17-6-3-2-4-7-17)25-21(26)12-13-22-24-15-20(27-22)18-8-5-9-19(23)14-18/h2-9,14-16H,10-13H2,1H3,(H,25,26)/t16-/m0/s1. The minimum Gasteiger partial charge on any atom is -0.441 e. The molecule has 140 valence electrons. The summed E-state index contributed by atoms with van der Waals surface area (Å²) in [5.41, 5.74) is 2.25. The number of nitrogens with zero attached hydrogens (tertiary/aromatic N) is 1. The molecule has 0 fully saturated rings. The average molecular weight is 427 g/mol. The zero-order chi connectivity index (χ0) is 19.1. The Hall–Kier alpha value is -2.40. The van der Waals surface area contributed by atoms with Crippen molar-refractivity contribution in [3.63, 3.8) is 0 Å². The molecule has 0 saturated heterocycles. The van der Waals surface area contributed by atoms with Gasteiger partial charge in [0.15, 0.2) is 11.7 Å². The van der Waals surface area contributed by atoms with Crippen molar-refractivity contribution < 1.29 is 9.21 Å². The van der Waals surface area contributed by atoms with Crippen molar-refractivity contribution in [2.75, 3.05) is 0 Å². The number of rotatable bonds is 8. The molecular weight excluding hydrogens is 404 g/mol. The van der Waals surface area contributed by atoms with Gasteiger partial charge in [-0.1, -0.05) is 58.4 Å². The molecule has 0 aliphatic heterocycles. The Morgan fingerprint density at radius 1 is 1.15 bits per heavy atom. The maximum Gasteiger partial charge on any atom is 0.220 e. The second kappa shape index (κ2) is 9.51. The lowest BCUT2D eigenvalue weighted by molar-refractivity contribution is -0.121. The van der Waals surface area contributed by atoms with Crippen LogP contribution < -0.4 is 5.32 Å². The highest BCUT2D eigenvalue weighted by atomic mass is 79.9. The number of amides is 1. The maximum atomic E-state index is 12.2. The molecular formula is C22H23BrN2O2. The van der Waals surface area contributed by atoms with Crippen LogP contribution >= 0.6 is 15.9 Å². The first-order chi connectivity index (χ1) is 13.1. The smallest absolute Gasteiger partial charge is 0.220 e. The molecule has 2 aromatic carbocycles. The summed E-state index contributed by atoms with van der Waals surface area (Å²) in [6, 6.07) is 18.3.